The van der Waals surface area contributed by atoms with Crippen molar-refractivity contribution in [2.45, 2.75) is 19.6 Å². The van der Waals surface area contributed by atoms with E-state index >= 15 is 0 Å². The Bertz CT molecular complexity index is 584. The summed E-state index contributed by atoms with van der Waals surface area (Å²) in [6.07, 6.45) is 0.335. The van der Waals surface area contributed by atoms with E-state index in [9.17, 15) is 4.79 Å². The van der Waals surface area contributed by atoms with Gasteiger partial charge in [0.05, 0.1) is 19.6 Å². The molecule has 0 aromatic heterocycles. The van der Waals surface area contributed by atoms with Gasteiger partial charge in [-0.1, -0.05) is 42.5 Å². The number of methoxy groups -OCH3 is 1. The molecular weight excluding hydrogens is 278 g/mol. The Balaban J connectivity index is 1.74. The zero-order valence-corrected chi connectivity index (χ0v) is 12.7. The Hall–Kier alpha value is -2.33. The smallest absolute Gasteiger partial charge is 0.223 e. The van der Waals surface area contributed by atoms with Gasteiger partial charge in [-0.2, -0.15) is 0 Å². The van der Waals surface area contributed by atoms with Crippen molar-refractivity contribution in [2.24, 2.45) is 0 Å². The molecule has 0 heterocycles. The number of amides is 1. The summed E-state index contributed by atoms with van der Waals surface area (Å²) in [4.78, 5) is 11.9. The molecule has 2 aromatic rings. The minimum absolute atomic E-state index is 0.0249. The predicted molar refractivity (Wildman–Crippen MR) is 85.6 cm³/mol. The van der Waals surface area contributed by atoms with Gasteiger partial charge in [0.25, 0.3) is 0 Å². The maximum atomic E-state index is 11.9. The van der Waals surface area contributed by atoms with Gasteiger partial charge in [-0.25, -0.2) is 0 Å². The zero-order valence-electron chi connectivity index (χ0n) is 12.7. The van der Waals surface area contributed by atoms with Crippen LogP contribution in [0.25, 0.3) is 0 Å². The Morgan fingerprint density at radius 2 is 1.68 bits per heavy atom. The number of carbonyl (C=O) groups is 1. The van der Waals surface area contributed by atoms with Crippen molar-refractivity contribution in [3.8, 4) is 5.75 Å². The molecule has 1 amide bonds. The molecule has 0 fully saturated rings. The topological polar surface area (TPSA) is 47.6 Å². The minimum atomic E-state index is -0.0249. The highest BCUT2D eigenvalue weighted by Crippen LogP contribution is 2.10. The molecule has 0 aliphatic heterocycles. The minimum Gasteiger partial charge on any atom is -0.493 e. The van der Waals surface area contributed by atoms with Crippen LogP contribution < -0.4 is 10.1 Å². The lowest BCUT2D eigenvalue weighted by molar-refractivity contribution is -0.121. The molecule has 0 saturated carbocycles. The molecule has 4 nitrogen and oxygen atoms in total. The first kappa shape index (κ1) is 16.0. The number of hydrogen-bond donors (Lipinski definition) is 1. The van der Waals surface area contributed by atoms with Crippen molar-refractivity contribution in [3.63, 3.8) is 0 Å². The van der Waals surface area contributed by atoms with E-state index < -0.39 is 0 Å². The Morgan fingerprint density at radius 3 is 2.41 bits per heavy atom. The molecule has 0 unspecified atom stereocenters. The molecule has 0 bridgehead atoms. The first-order valence-corrected chi connectivity index (χ1v) is 7.30. The third-order valence-corrected chi connectivity index (χ3v) is 3.24. The summed E-state index contributed by atoms with van der Waals surface area (Å²) in [5, 5.41) is 2.91. The van der Waals surface area contributed by atoms with Crippen LogP contribution in [0.5, 0.6) is 5.75 Å². The lowest BCUT2D eigenvalue weighted by atomic mass is 10.1. The highest BCUT2D eigenvalue weighted by atomic mass is 16.5. The lowest BCUT2D eigenvalue weighted by Crippen LogP contribution is -2.25. The van der Waals surface area contributed by atoms with Crippen LogP contribution in [0, 0.1) is 0 Å². The second-order valence-corrected chi connectivity index (χ2v) is 4.89. The van der Waals surface area contributed by atoms with Gasteiger partial charge in [0.2, 0.25) is 5.91 Å². The predicted octanol–water partition coefficient (Wildman–Crippen LogP) is 2.92. The van der Waals surface area contributed by atoms with Crippen molar-refractivity contribution in [3.05, 3.63) is 65.7 Å². The van der Waals surface area contributed by atoms with E-state index in [1.807, 2.05) is 54.6 Å². The molecule has 0 saturated heterocycles. The number of carbonyl (C=O) groups excluding carboxylic acids is 1. The van der Waals surface area contributed by atoms with Crippen molar-refractivity contribution in [1.29, 1.82) is 0 Å². The van der Waals surface area contributed by atoms with E-state index in [-0.39, 0.29) is 5.91 Å². The van der Waals surface area contributed by atoms with Gasteiger partial charge >= 0.3 is 0 Å². The second-order valence-electron chi connectivity index (χ2n) is 4.89. The number of para-hydroxylation sites is 1. The van der Waals surface area contributed by atoms with Crippen LogP contribution in [-0.2, 0) is 22.7 Å². The highest BCUT2D eigenvalue weighted by Gasteiger charge is 2.05. The lowest BCUT2D eigenvalue weighted by Gasteiger charge is -2.10. The van der Waals surface area contributed by atoms with Crippen LogP contribution in [0.3, 0.4) is 0 Å². The number of rotatable bonds is 8. The van der Waals surface area contributed by atoms with E-state index in [0.717, 1.165) is 16.9 Å². The fourth-order valence-electron chi connectivity index (χ4n) is 2.09. The Labute approximate surface area is 131 Å². The van der Waals surface area contributed by atoms with Crippen molar-refractivity contribution in [1.82, 2.24) is 5.32 Å². The summed E-state index contributed by atoms with van der Waals surface area (Å²) in [6.45, 7) is 1.42. The van der Waals surface area contributed by atoms with Gasteiger partial charge in [0.1, 0.15) is 5.75 Å². The first-order valence-electron chi connectivity index (χ1n) is 7.30. The molecule has 0 aliphatic rings. The summed E-state index contributed by atoms with van der Waals surface area (Å²) in [6, 6.07) is 17.4. The van der Waals surface area contributed by atoms with Crippen molar-refractivity contribution in [2.75, 3.05) is 13.7 Å². The van der Waals surface area contributed by atoms with Gasteiger partial charge in [-0.05, 0) is 23.3 Å². The molecule has 2 rings (SSSR count). The van der Waals surface area contributed by atoms with E-state index in [0.29, 0.717) is 26.2 Å². The van der Waals surface area contributed by atoms with E-state index in [1.165, 1.54) is 0 Å². The monoisotopic (exact) mass is 299 g/mol. The van der Waals surface area contributed by atoms with Gasteiger partial charge in [-0.15, -0.1) is 0 Å². The maximum absolute atomic E-state index is 11.9. The van der Waals surface area contributed by atoms with Gasteiger partial charge in [0.15, 0.2) is 0 Å². The highest BCUT2D eigenvalue weighted by molar-refractivity contribution is 5.76. The third-order valence-electron chi connectivity index (χ3n) is 3.24. The molecule has 2 aromatic carbocycles. The standard InChI is InChI=1S/C18H21NO3/c1-21-14-16-8-6-5-7-15(16)13-19-18(20)11-12-22-17-9-3-2-4-10-17/h2-10H,11-14H2,1H3,(H,19,20). The Morgan fingerprint density at radius 1 is 1.00 bits per heavy atom. The molecule has 116 valence electrons. The molecule has 0 atom stereocenters. The van der Waals surface area contributed by atoms with Crippen LogP contribution >= 0.6 is 0 Å². The van der Waals surface area contributed by atoms with Crippen LogP contribution in [0.1, 0.15) is 17.5 Å². The van der Waals surface area contributed by atoms with Gasteiger partial charge < -0.3 is 14.8 Å². The van der Waals surface area contributed by atoms with E-state index in [2.05, 4.69) is 5.32 Å². The average Bonchev–Trinajstić information content (AvgIpc) is 2.55. The van der Waals surface area contributed by atoms with Crippen LogP contribution in [0.2, 0.25) is 0 Å². The second kappa shape index (κ2) is 8.85. The first-order chi connectivity index (χ1) is 10.8. The quantitative estimate of drug-likeness (QED) is 0.815. The number of benzene rings is 2. The van der Waals surface area contributed by atoms with Crippen LogP contribution in [-0.4, -0.2) is 19.6 Å². The summed E-state index contributed by atoms with van der Waals surface area (Å²) in [5.74, 6) is 0.754. The molecular formula is C18H21NO3. The molecule has 0 aliphatic carbocycles. The molecule has 0 spiro atoms. The van der Waals surface area contributed by atoms with Gasteiger partial charge in [-0.3, -0.25) is 4.79 Å². The normalized spacial score (nSPS) is 10.2. The van der Waals surface area contributed by atoms with Crippen molar-refractivity contribution >= 4 is 5.91 Å². The zero-order chi connectivity index (χ0) is 15.6. The largest absolute Gasteiger partial charge is 0.493 e. The summed E-state index contributed by atoms with van der Waals surface area (Å²) >= 11 is 0. The maximum Gasteiger partial charge on any atom is 0.223 e. The average molecular weight is 299 g/mol. The number of ether oxygens (including phenoxy) is 2. The summed E-state index contributed by atoms with van der Waals surface area (Å²) in [5.41, 5.74) is 2.16. The molecule has 22 heavy (non-hydrogen) atoms. The van der Waals surface area contributed by atoms with Gasteiger partial charge in [0, 0.05) is 13.7 Å². The number of nitrogens with one attached hydrogen (secondary N) is 1. The fraction of sp³-hybridized carbons (Fsp3) is 0.278. The summed E-state index contributed by atoms with van der Waals surface area (Å²) in [7, 11) is 1.66. The third kappa shape index (κ3) is 5.22. The Kier molecular flexibility index (Phi) is 6.45. The van der Waals surface area contributed by atoms with Crippen LogP contribution in [0.4, 0.5) is 0 Å². The number of hydrogen-bond acceptors (Lipinski definition) is 3. The van der Waals surface area contributed by atoms with Crippen LogP contribution in [0.15, 0.2) is 54.6 Å². The molecule has 4 heteroatoms. The SMILES string of the molecule is COCc1ccccc1CNC(=O)CCOc1ccccc1. The fourth-order valence-corrected chi connectivity index (χ4v) is 2.09. The van der Waals surface area contributed by atoms with E-state index in [4.69, 9.17) is 9.47 Å². The molecule has 0 radical (unpaired) electrons. The summed E-state index contributed by atoms with van der Waals surface area (Å²) < 4.78 is 10.7. The van der Waals surface area contributed by atoms with E-state index in [1.54, 1.807) is 7.11 Å². The molecule has 1 N–H and O–H groups in total. The van der Waals surface area contributed by atoms with Crippen molar-refractivity contribution < 1.29 is 14.3 Å².